The third-order valence-electron chi connectivity index (χ3n) is 2.15. The minimum absolute atomic E-state index is 0.119. The first kappa shape index (κ1) is 12.6. The summed E-state index contributed by atoms with van der Waals surface area (Å²) in [4.78, 5) is 11.4. The van der Waals surface area contributed by atoms with Gasteiger partial charge in [-0.1, -0.05) is 0 Å². The van der Waals surface area contributed by atoms with Crippen molar-refractivity contribution in [2.75, 3.05) is 0 Å². The Morgan fingerprint density at radius 1 is 1.44 bits per heavy atom. The van der Waals surface area contributed by atoms with E-state index < -0.39 is 17.7 Å². The lowest BCUT2D eigenvalue weighted by Gasteiger charge is -2.01. The number of nitrogens with zero attached hydrogens (tertiary/aromatic N) is 2. The summed E-state index contributed by atoms with van der Waals surface area (Å²) in [5.41, 5.74) is -0.822. The molecule has 0 bridgehead atoms. The van der Waals surface area contributed by atoms with E-state index in [-0.39, 0.29) is 11.4 Å². The first-order valence-corrected chi connectivity index (χ1v) is 5.59. The molecule has 0 atom stereocenters. The lowest BCUT2D eigenvalue weighted by molar-refractivity contribution is -0.137. The van der Waals surface area contributed by atoms with E-state index in [0.29, 0.717) is 4.88 Å². The second-order valence-corrected chi connectivity index (χ2v) is 4.66. The van der Waals surface area contributed by atoms with Crippen molar-refractivity contribution in [3.63, 3.8) is 0 Å². The number of thiophene rings is 1. The number of rotatable bonds is 3. The molecule has 18 heavy (non-hydrogen) atoms. The number of carboxylic acids is 1. The van der Waals surface area contributed by atoms with E-state index in [1.54, 1.807) is 6.07 Å². The van der Waals surface area contributed by atoms with Gasteiger partial charge in [0, 0.05) is 11.1 Å². The fourth-order valence-electron chi connectivity index (χ4n) is 1.33. The Balaban J connectivity index is 2.14. The number of carboxylic acid groups (broad SMARTS) is 1. The predicted molar refractivity (Wildman–Crippen MR) is 57.6 cm³/mol. The average molecular weight is 276 g/mol. The second-order valence-electron chi connectivity index (χ2n) is 3.50. The van der Waals surface area contributed by atoms with Gasteiger partial charge in [-0.25, -0.2) is 4.79 Å². The highest BCUT2D eigenvalue weighted by molar-refractivity contribution is 7.13. The Kier molecular flexibility index (Phi) is 3.12. The highest BCUT2D eigenvalue weighted by Crippen LogP contribution is 2.28. The third kappa shape index (κ3) is 2.70. The van der Waals surface area contributed by atoms with Gasteiger partial charge in [-0.3, -0.25) is 4.68 Å². The molecule has 2 aromatic rings. The summed E-state index contributed by atoms with van der Waals surface area (Å²) in [7, 11) is 0. The van der Waals surface area contributed by atoms with Crippen molar-refractivity contribution >= 4 is 17.3 Å². The zero-order valence-corrected chi connectivity index (χ0v) is 9.63. The van der Waals surface area contributed by atoms with Crippen LogP contribution < -0.4 is 0 Å². The summed E-state index contributed by atoms with van der Waals surface area (Å²) >= 11 is 1.01. The molecule has 2 heterocycles. The maximum Gasteiger partial charge on any atom is 0.419 e. The molecular weight excluding hydrogens is 269 g/mol. The molecule has 0 unspecified atom stereocenters. The van der Waals surface area contributed by atoms with E-state index in [2.05, 4.69) is 5.10 Å². The summed E-state index contributed by atoms with van der Waals surface area (Å²) in [5, 5.41) is 12.3. The Hall–Kier alpha value is -1.83. The third-order valence-corrected chi connectivity index (χ3v) is 3.21. The maximum absolute atomic E-state index is 12.3. The van der Waals surface area contributed by atoms with Crippen molar-refractivity contribution in [3.05, 3.63) is 39.8 Å². The van der Waals surface area contributed by atoms with Crippen molar-refractivity contribution in [1.29, 1.82) is 0 Å². The van der Waals surface area contributed by atoms with E-state index in [9.17, 15) is 18.0 Å². The molecule has 0 spiro atoms. The Morgan fingerprint density at radius 2 is 2.17 bits per heavy atom. The molecule has 0 aliphatic carbocycles. The van der Waals surface area contributed by atoms with Crippen LogP contribution in [0.3, 0.4) is 0 Å². The zero-order valence-electron chi connectivity index (χ0n) is 8.81. The lowest BCUT2D eigenvalue weighted by atomic mass is 10.3. The standard InChI is InChI=1S/C10H7F3N2O2S/c11-10(12,13)6-3-14-15(4-6)5-7-1-2-8(18-7)9(16)17/h1-4H,5H2,(H,16,17). The van der Waals surface area contributed by atoms with Crippen LogP contribution in [-0.2, 0) is 12.7 Å². The van der Waals surface area contributed by atoms with Gasteiger partial charge in [0.15, 0.2) is 0 Å². The summed E-state index contributed by atoms with van der Waals surface area (Å²) < 4.78 is 38.1. The number of aromatic carboxylic acids is 1. The fourth-order valence-corrected chi connectivity index (χ4v) is 2.17. The molecule has 8 heteroatoms. The molecule has 0 aliphatic heterocycles. The molecule has 0 amide bonds. The van der Waals surface area contributed by atoms with Gasteiger partial charge < -0.3 is 5.11 Å². The van der Waals surface area contributed by atoms with Gasteiger partial charge in [-0.15, -0.1) is 11.3 Å². The van der Waals surface area contributed by atoms with Crippen molar-refractivity contribution in [3.8, 4) is 0 Å². The van der Waals surface area contributed by atoms with E-state index >= 15 is 0 Å². The molecule has 2 rings (SSSR count). The first-order chi connectivity index (χ1) is 8.36. The minimum Gasteiger partial charge on any atom is -0.477 e. The number of carbonyl (C=O) groups is 1. The fraction of sp³-hybridized carbons (Fsp3) is 0.200. The Morgan fingerprint density at radius 3 is 2.67 bits per heavy atom. The average Bonchev–Trinajstić information content (AvgIpc) is 2.85. The minimum atomic E-state index is -4.42. The van der Waals surface area contributed by atoms with Crippen LogP contribution in [0.15, 0.2) is 24.5 Å². The molecule has 2 aromatic heterocycles. The molecule has 1 N–H and O–H groups in total. The van der Waals surface area contributed by atoms with E-state index in [0.717, 1.165) is 28.4 Å². The number of alkyl halides is 3. The molecule has 4 nitrogen and oxygen atoms in total. The predicted octanol–water partition coefficient (Wildman–Crippen LogP) is 2.71. The first-order valence-electron chi connectivity index (χ1n) is 4.78. The van der Waals surface area contributed by atoms with Crippen molar-refractivity contribution in [1.82, 2.24) is 9.78 Å². The molecule has 0 fully saturated rings. The normalized spacial score (nSPS) is 11.7. The van der Waals surface area contributed by atoms with E-state index in [1.807, 2.05) is 0 Å². The summed E-state index contributed by atoms with van der Waals surface area (Å²) in [6.45, 7) is 0.119. The Labute approximate surface area is 103 Å². The number of halogens is 3. The molecule has 0 radical (unpaired) electrons. The van der Waals surface area contributed by atoms with Crippen LogP contribution >= 0.6 is 11.3 Å². The molecule has 96 valence electrons. The van der Waals surface area contributed by atoms with Gasteiger partial charge >= 0.3 is 12.1 Å². The van der Waals surface area contributed by atoms with Crippen molar-refractivity contribution in [2.24, 2.45) is 0 Å². The van der Waals surface area contributed by atoms with E-state index in [1.165, 1.54) is 6.07 Å². The van der Waals surface area contributed by atoms with Gasteiger partial charge in [-0.05, 0) is 12.1 Å². The van der Waals surface area contributed by atoms with E-state index in [4.69, 9.17) is 5.11 Å². The monoisotopic (exact) mass is 276 g/mol. The summed E-state index contributed by atoms with van der Waals surface area (Å²) in [6, 6.07) is 2.97. The summed E-state index contributed by atoms with van der Waals surface area (Å²) in [6.07, 6.45) is -2.79. The van der Waals surface area contributed by atoms with Gasteiger partial charge in [-0.2, -0.15) is 18.3 Å². The van der Waals surface area contributed by atoms with Crippen LogP contribution in [0.25, 0.3) is 0 Å². The smallest absolute Gasteiger partial charge is 0.419 e. The van der Waals surface area contributed by atoms with Gasteiger partial charge in [0.05, 0.1) is 18.3 Å². The van der Waals surface area contributed by atoms with Crippen LogP contribution in [-0.4, -0.2) is 20.9 Å². The largest absolute Gasteiger partial charge is 0.477 e. The summed E-state index contributed by atoms with van der Waals surface area (Å²) in [5.74, 6) is -1.05. The molecule has 0 aromatic carbocycles. The zero-order chi connectivity index (χ0) is 13.3. The van der Waals surface area contributed by atoms with Crippen molar-refractivity contribution in [2.45, 2.75) is 12.7 Å². The molecule has 0 aliphatic rings. The maximum atomic E-state index is 12.3. The number of aromatic nitrogens is 2. The van der Waals surface area contributed by atoms with Gasteiger partial charge in [0.1, 0.15) is 4.88 Å². The second kappa shape index (κ2) is 4.45. The molecule has 0 saturated heterocycles. The highest BCUT2D eigenvalue weighted by atomic mass is 32.1. The Bertz CT molecular complexity index is 574. The van der Waals surface area contributed by atoms with Crippen molar-refractivity contribution < 1.29 is 23.1 Å². The SMILES string of the molecule is O=C(O)c1ccc(Cn2cc(C(F)(F)F)cn2)s1. The lowest BCUT2D eigenvalue weighted by Crippen LogP contribution is -2.03. The number of hydrogen-bond acceptors (Lipinski definition) is 3. The quantitative estimate of drug-likeness (QED) is 0.937. The molecular formula is C10H7F3N2O2S. The molecule has 0 saturated carbocycles. The van der Waals surface area contributed by atoms with Crippen LogP contribution in [0.4, 0.5) is 13.2 Å². The van der Waals surface area contributed by atoms with Gasteiger partial charge in [0.2, 0.25) is 0 Å². The highest BCUT2D eigenvalue weighted by Gasteiger charge is 2.32. The topological polar surface area (TPSA) is 55.1 Å². The van der Waals surface area contributed by atoms with Crippen LogP contribution in [0.5, 0.6) is 0 Å². The van der Waals surface area contributed by atoms with Crippen LogP contribution in [0.1, 0.15) is 20.1 Å². The van der Waals surface area contributed by atoms with Gasteiger partial charge in [0.25, 0.3) is 0 Å². The van der Waals surface area contributed by atoms with Crippen LogP contribution in [0, 0.1) is 0 Å². The number of hydrogen-bond donors (Lipinski definition) is 1. The van der Waals surface area contributed by atoms with Crippen LogP contribution in [0.2, 0.25) is 0 Å².